The van der Waals surface area contributed by atoms with Crippen LogP contribution in [0.4, 0.5) is 0 Å². The lowest BCUT2D eigenvalue weighted by atomic mass is 9.77. The maximum absolute atomic E-state index is 5.80. The van der Waals surface area contributed by atoms with Crippen LogP contribution in [0.5, 0.6) is 0 Å². The fourth-order valence-electron chi connectivity index (χ4n) is 3.86. The molecular weight excluding hydrogens is 316 g/mol. The predicted molar refractivity (Wildman–Crippen MR) is 101 cm³/mol. The quantitative estimate of drug-likeness (QED) is 0.549. The van der Waals surface area contributed by atoms with Gasteiger partial charge in [0, 0.05) is 5.56 Å². The van der Waals surface area contributed by atoms with E-state index >= 15 is 0 Å². The van der Waals surface area contributed by atoms with Crippen molar-refractivity contribution < 1.29 is 0 Å². The third-order valence-electron chi connectivity index (χ3n) is 5.37. The smallest absolute Gasteiger partial charge is 0.149 e. The van der Waals surface area contributed by atoms with Crippen LogP contribution >= 0.6 is 11.6 Å². The van der Waals surface area contributed by atoms with E-state index in [-0.39, 0.29) is 0 Å². The van der Waals surface area contributed by atoms with Crippen molar-refractivity contribution in [2.75, 3.05) is 0 Å². The van der Waals surface area contributed by atoms with Gasteiger partial charge in [0.2, 0.25) is 0 Å². The molecule has 1 aliphatic carbocycles. The molecule has 0 saturated heterocycles. The molecule has 1 saturated carbocycles. The minimum atomic E-state index is 0.436. The van der Waals surface area contributed by atoms with E-state index in [9.17, 15) is 0 Å². The first kappa shape index (κ1) is 17.4. The third-order valence-corrected chi connectivity index (χ3v) is 5.57. The van der Waals surface area contributed by atoms with E-state index in [2.05, 4.69) is 41.4 Å². The summed E-state index contributed by atoms with van der Waals surface area (Å²) in [6.45, 7) is 2.29. The summed E-state index contributed by atoms with van der Waals surface area (Å²) in [4.78, 5) is 0. The van der Waals surface area contributed by atoms with Crippen molar-refractivity contribution in [1.82, 2.24) is 10.2 Å². The monoisotopic (exact) mass is 342 g/mol. The maximum atomic E-state index is 5.80. The highest BCUT2D eigenvalue weighted by molar-refractivity contribution is 6.29. The van der Waals surface area contributed by atoms with Crippen LogP contribution in [0.15, 0.2) is 36.4 Å². The molecule has 0 radical (unpaired) electrons. The first-order valence-corrected chi connectivity index (χ1v) is 9.73. The molecule has 1 fully saturated rings. The molecule has 1 aromatic heterocycles. The minimum absolute atomic E-state index is 0.436. The number of hydrogen-bond acceptors (Lipinski definition) is 2. The van der Waals surface area contributed by atoms with E-state index in [4.69, 9.17) is 11.6 Å². The lowest BCUT2D eigenvalue weighted by Crippen LogP contribution is -2.13. The summed E-state index contributed by atoms with van der Waals surface area (Å²) in [5.41, 5.74) is 3.47. The largest absolute Gasteiger partial charge is 0.151 e. The van der Waals surface area contributed by atoms with Crippen LogP contribution in [0.3, 0.4) is 0 Å². The summed E-state index contributed by atoms with van der Waals surface area (Å²) in [5, 5.41) is 8.51. The van der Waals surface area contributed by atoms with E-state index in [1.165, 1.54) is 56.9 Å². The molecule has 0 spiro atoms. The number of aromatic nitrogens is 2. The van der Waals surface area contributed by atoms with Gasteiger partial charge >= 0.3 is 0 Å². The second-order valence-electron chi connectivity index (χ2n) is 7.08. The van der Waals surface area contributed by atoms with Gasteiger partial charge in [-0.1, -0.05) is 68.5 Å². The molecule has 0 N–H and O–H groups in total. The summed E-state index contributed by atoms with van der Waals surface area (Å²) in [6, 6.07) is 12.6. The van der Waals surface area contributed by atoms with Gasteiger partial charge in [-0.3, -0.25) is 0 Å². The third kappa shape index (κ3) is 4.57. The standard InChI is InChI=1S/C21H27ClN2/c1-2-3-4-5-16-6-8-17(9-7-16)18-10-12-19(13-11-18)20-14-15-21(22)24-23-20/h10-17H,2-9H2,1H3. The van der Waals surface area contributed by atoms with Gasteiger partial charge in [0.1, 0.15) is 0 Å². The van der Waals surface area contributed by atoms with E-state index < -0.39 is 0 Å². The molecule has 24 heavy (non-hydrogen) atoms. The second kappa shape index (κ2) is 8.62. The van der Waals surface area contributed by atoms with Crippen molar-refractivity contribution in [2.24, 2.45) is 5.92 Å². The molecular formula is C21H27ClN2. The first-order valence-electron chi connectivity index (χ1n) is 9.36. The molecule has 2 nitrogen and oxygen atoms in total. The Kier molecular flexibility index (Phi) is 6.25. The number of nitrogens with zero attached hydrogens (tertiary/aromatic N) is 2. The number of benzene rings is 1. The van der Waals surface area contributed by atoms with Crippen molar-refractivity contribution >= 4 is 11.6 Å². The van der Waals surface area contributed by atoms with Crippen molar-refractivity contribution in [1.29, 1.82) is 0 Å². The molecule has 0 atom stereocenters. The molecule has 128 valence electrons. The van der Waals surface area contributed by atoms with Crippen LogP contribution in [-0.2, 0) is 0 Å². The van der Waals surface area contributed by atoms with E-state index in [1.807, 2.05) is 6.07 Å². The van der Waals surface area contributed by atoms with E-state index in [0.717, 1.165) is 23.1 Å². The van der Waals surface area contributed by atoms with E-state index in [0.29, 0.717) is 5.15 Å². The van der Waals surface area contributed by atoms with Crippen LogP contribution in [-0.4, -0.2) is 10.2 Å². The Hall–Kier alpha value is -1.41. The lowest BCUT2D eigenvalue weighted by Gasteiger charge is -2.29. The molecule has 3 heteroatoms. The summed E-state index contributed by atoms with van der Waals surface area (Å²) >= 11 is 5.80. The highest BCUT2D eigenvalue weighted by atomic mass is 35.5. The molecule has 1 aromatic carbocycles. The molecule has 2 aromatic rings. The Morgan fingerprint density at radius 1 is 0.917 bits per heavy atom. The summed E-state index contributed by atoms with van der Waals surface area (Å²) in [7, 11) is 0. The Labute approximate surface area is 150 Å². The summed E-state index contributed by atoms with van der Waals surface area (Å²) in [5.74, 6) is 1.70. The normalized spacial score (nSPS) is 20.9. The summed E-state index contributed by atoms with van der Waals surface area (Å²) < 4.78 is 0. The van der Waals surface area contributed by atoms with Gasteiger partial charge in [-0.25, -0.2) is 0 Å². The Bertz CT molecular complexity index is 613. The maximum Gasteiger partial charge on any atom is 0.151 e. The Balaban J connectivity index is 1.56. The zero-order valence-electron chi connectivity index (χ0n) is 14.5. The van der Waals surface area contributed by atoms with Crippen LogP contribution in [0.25, 0.3) is 11.3 Å². The topological polar surface area (TPSA) is 25.8 Å². The van der Waals surface area contributed by atoms with Gasteiger partial charge in [0.05, 0.1) is 5.69 Å². The van der Waals surface area contributed by atoms with Crippen molar-refractivity contribution in [3.05, 3.63) is 47.1 Å². The van der Waals surface area contributed by atoms with Gasteiger partial charge in [-0.2, -0.15) is 0 Å². The Morgan fingerprint density at radius 2 is 1.67 bits per heavy atom. The molecule has 1 aliphatic rings. The zero-order valence-corrected chi connectivity index (χ0v) is 15.3. The highest BCUT2D eigenvalue weighted by Gasteiger charge is 2.22. The average Bonchev–Trinajstić information content (AvgIpc) is 2.63. The number of rotatable bonds is 6. The van der Waals surface area contributed by atoms with Gasteiger partial charge < -0.3 is 0 Å². The number of unbranched alkanes of at least 4 members (excludes halogenated alkanes) is 2. The van der Waals surface area contributed by atoms with Gasteiger partial charge in [0.25, 0.3) is 0 Å². The lowest BCUT2D eigenvalue weighted by molar-refractivity contribution is 0.303. The highest BCUT2D eigenvalue weighted by Crippen LogP contribution is 2.38. The zero-order chi connectivity index (χ0) is 16.8. The minimum Gasteiger partial charge on any atom is -0.149 e. The van der Waals surface area contributed by atoms with Gasteiger partial charge in [-0.05, 0) is 55.2 Å². The molecule has 3 rings (SSSR count). The number of halogens is 1. The predicted octanol–water partition coefficient (Wildman–Crippen LogP) is 6.65. The fourth-order valence-corrected chi connectivity index (χ4v) is 3.96. The van der Waals surface area contributed by atoms with Crippen molar-refractivity contribution in [3.8, 4) is 11.3 Å². The van der Waals surface area contributed by atoms with Crippen LogP contribution < -0.4 is 0 Å². The Morgan fingerprint density at radius 3 is 2.29 bits per heavy atom. The molecule has 0 bridgehead atoms. The average molecular weight is 343 g/mol. The fraction of sp³-hybridized carbons (Fsp3) is 0.524. The molecule has 1 heterocycles. The molecule has 0 aliphatic heterocycles. The summed E-state index contributed by atoms with van der Waals surface area (Å²) in [6.07, 6.45) is 11.1. The van der Waals surface area contributed by atoms with Gasteiger partial charge in [0.15, 0.2) is 5.15 Å². The number of hydrogen-bond donors (Lipinski definition) is 0. The van der Waals surface area contributed by atoms with Crippen LogP contribution in [0.1, 0.15) is 69.8 Å². The molecule has 0 amide bonds. The van der Waals surface area contributed by atoms with Crippen molar-refractivity contribution in [3.63, 3.8) is 0 Å². The van der Waals surface area contributed by atoms with Crippen LogP contribution in [0, 0.1) is 5.92 Å². The second-order valence-corrected chi connectivity index (χ2v) is 7.46. The van der Waals surface area contributed by atoms with Gasteiger partial charge in [-0.15, -0.1) is 10.2 Å². The van der Waals surface area contributed by atoms with Crippen LogP contribution in [0.2, 0.25) is 5.15 Å². The molecule has 0 unspecified atom stereocenters. The first-order chi connectivity index (χ1) is 11.8. The van der Waals surface area contributed by atoms with Crippen molar-refractivity contribution in [2.45, 2.75) is 64.2 Å². The van der Waals surface area contributed by atoms with E-state index in [1.54, 1.807) is 6.07 Å². The SMILES string of the molecule is CCCCCC1CCC(c2ccc(-c3ccc(Cl)nn3)cc2)CC1.